The molecule has 4 heteroatoms. The molecule has 0 bridgehead atoms. The number of thiophene rings is 1. The van der Waals surface area contributed by atoms with Crippen LogP contribution in [0, 0.1) is 6.92 Å². The zero-order chi connectivity index (χ0) is 14.1. The number of amides is 1. The number of nitrogens with one attached hydrogen (secondary N) is 1. The Labute approximate surface area is 121 Å². The van der Waals surface area contributed by atoms with Crippen LogP contribution in [0.2, 0.25) is 0 Å². The van der Waals surface area contributed by atoms with E-state index in [0.29, 0.717) is 12.0 Å². The van der Waals surface area contributed by atoms with Crippen molar-refractivity contribution in [3.8, 4) is 0 Å². The minimum Gasteiger partial charge on any atom is -0.326 e. The van der Waals surface area contributed by atoms with Gasteiger partial charge in [-0.15, -0.1) is 11.3 Å². The van der Waals surface area contributed by atoms with Gasteiger partial charge in [0.2, 0.25) is 11.7 Å². The van der Waals surface area contributed by atoms with Gasteiger partial charge in [-0.25, -0.2) is 0 Å². The van der Waals surface area contributed by atoms with Gasteiger partial charge in [0, 0.05) is 22.5 Å². The first kappa shape index (κ1) is 13.1. The summed E-state index contributed by atoms with van der Waals surface area (Å²) < 4.78 is 0. The van der Waals surface area contributed by atoms with Gasteiger partial charge in [0.15, 0.2) is 0 Å². The lowest BCUT2D eigenvalue weighted by Crippen LogP contribution is -2.09. The molecular formula is C16H15NO2S. The molecule has 0 saturated heterocycles. The molecule has 1 amide bonds. The van der Waals surface area contributed by atoms with E-state index >= 15 is 0 Å². The molecule has 1 aromatic heterocycles. The summed E-state index contributed by atoms with van der Waals surface area (Å²) in [7, 11) is 0. The van der Waals surface area contributed by atoms with Crippen molar-refractivity contribution in [2.45, 2.75) is 26.2 Å². The quantitative estimate of drug-likeness (QED) is 0.857. The number of carbonyl (C=O) groups excluding carboxylic acids is 2. The first-order valence-corrected chi connectivity index (χ1v) is 7.49. The smallest absolute Gasteiger partial charge is 0.224 e. The Balaban J connectivity index is 1.94. The fraction of sp³-hybridized carbons (Fsp3) is 0.250. The molecule has 0 atom stereocenters. The van der Waals surface area contributed by atoms with E-state index < -0.39 is 0 Å². The molecule has 0 spiro atoms. The summed E-state index contributed by atoms with van der Waals surface area (Å²) in [6, 6.07) is 9.38. The fourth-order valence-electron chi connectivity index (χ4n) is 2.41. The Morgan fingerprint density at radius 3 is 2.80 bits per heavy atom. The lowest BCUT2D eigenvalue weighted by Gasteiger charge is -2.08. The zero-order valence-corrected chi connectivity index (χ0v) is 12.0. The van der Waals surface area contributed by atoms with Gasteiger partial charge in [-0.1, -0.05) is 0 Å². The number of hydrogen-bond donors (Lipinski definition) is 1. The van der Waals surface area contributed by atoms with Crippen LogP contribution in [0.4, 0.5) is 5.69 Å². The van der Waals surface area contributed by atoms with Crippen LogP contribution in [0.25, 0.3) is 0 Å². The SMILES string of the molecule is Cc1ccc(C(=O)c2ccc3c(c2)CCCC(=O)N3)s1. The van der Waals surface area contributed by atoms with Crippen molar-refractivity contribution >= 4 is 28.7 Å². The van der Waals surface area contributed by atoms with Crippen LogP contribution in [0.15, 0.2) is 30.3 Å². The average molecular weight is 285 g/mol. The Morgan fingerprint density at radius 2 is 2.05 bits per heavy atom. The standard InChI is InChI=1S/C16H15NO2S/c1-10-5-8-14(20-10)16(19)12-6-7-13-11(9-12)3-2-4-15(18)17-13/h5-9H,2-4H2,1H3,(H,17,18). The number of carbonyl (C=O) groups is 2. The molecule has 3 nitrogen and oxygen atoms in total. The van der Waals surface area contributed by atoms with E-state index in [-0.39, 0.29) is 11.7 Å². The van der Waals surface area contributed by atoms with E-state index in [4.69, 9.17) is 0 Å². The van der Waals surface area contributed by atoms with Crippen molar-refractivity contribution in [1.29, 1.82) is 0 Å². The van der Waals surface area contributed by atoms with Crippen molar-refractivity contribution in [2.24, 2.45) is 0 Å². The summed E-state index contributed by atoms with van der Waals surface area (Å²) in [5.41, 5.74) is 2.59. The summed E-state index contributed by atoms with van der Waals surface area (Å²) in [5.74, 6) is 0.109. The third-order valence-corrected chi connectivity index (χ3v) is 4.46. The first-order chi connectivity index (χ1) is 9.63. The van der Waals surface area contributed by atoms with Crippen LogP contribution < -0.4 is 5.32 Å². The zero-order valence-electron chi connectivity index (χ0n) is 11.2. The van der Waals surface area contributed by atoms with Gasteiger partial charge in [-0.05, 0) is 55.7 Å². The number of fused-ring (bicyclic) bond motifs is 1. The summed E-state index contributed by atoms with van der Waals surface area (Å²) in [5, 5.41) is 2.88. The highest BCUT2D eigenvalue weighted by molar-refractivity contribution is 7.14. The molecule has 1 N–H and O–H groups in total. The lowest BCUT2D eigenvalue weighted by molar-refractivity contribution is -0.116. The molecule has 2 aromatic rings. The molecule has 3 rings (SSSR count). The Kier molecular flexibility index (Phi) is 3.40. The lowest BCUT2D eigenvalue weighted by atomic mass is 10.0. The van der Waals surface area contributed by atoms with Gasteiger partial charge >= 0.3 is 0 Å². The number of anilines is 1. The predicted octanol–water partition coefficient (Wildman–Crippen LogP) is 3.56. The third-order valence-electron chi connectivity index (χ3n) is 3.46. The average Bonchev–Trinajstić information content (AvgIpc) is 2.77. The van der Waals surface area contributed by atoms with Crippen LogP contribution >= 0.6 is 11.3 Å². The number of aryl methyl sites for hydroxylation is 2. The Hall–Kier alpha value is -1.94. The second-order valence-corrected chi connectivity index (χ2v) is 6.30. The van der Waals surface area contributed by atoms with Gasteiger partial charge in [0.1, 0.15) is 0 Å². The maximum absolute atomic E-state index is 12.4. The van der Waals surface area contributed by atoms with Gasteiger partial charge in [0.05, 0.1) is 4.88 Å². The van der Waals surface area contributed by atoms with E-state index in [9.17, 15) is 9.59 Å². The van der Waals surface area contributed by atoms with Crippen LogP contribution in [0.5, 0.6) is 0 Å². The van der Waals surface area contributed by atoms with Gasteiger partial charge in [-0.2, -0.15) is 0 Å². The third kappa shape index (κ3) is 2.51. The summed E-state index contributed by atoms with van der Waals surface area (Å²) in [6.45, 7) is 1.99. The molecule has 0 radical (unpaired) electrons. The van der Waals surface area contributed by atoms with E-state index in [1.807, 2.05) is 31.2 Å². The van der Waals surface area contributed by atoms with Crippen LogP contribution in [0.3, 0.4) is 0 Å². The second-order valence-electron chi connectivity index (χ2n) is 5.01. The second kappa shape index (κ2) is 5.21. The van der Waals surface area contributed by atoms with Crippen LogP contribution in [-0.2, 0) is 11.2 Å². The van der Waals surface area contributed by atoms with Gasteiger partial charge in [-0.3, -0.25) is 9.59 Å². The maximum Gasteiger partial charge on any atom is 0.224 e. The molecule has 1 aliphatic heterocycles. The summed E-state index contributed by atoms with van der Waals surface area (Å²) in [6.07, 6.45) is 2.20. The minimum atomic E-state index is 0.0525. The Bertz CT molecular complexity index is 688. The molecule has 0 fully saturated rings. The monoisotopic (exact) mass is 285 g/mol. The van der Waals surface area contributed by atoms with E-state index in [0.717, 1.165) is 33.8 Å². The normalized spacial score (nSPS) is 14.3. The van der Waals surface area contributed by atoms with E-state index in [1.165, 1.54) is 11.3 Å². The number of ketones is 1. The van der Waals surface area contributed by atoms with E-state index in [1.54, 1.807) is 6.07 Å². The highest BCUT2D eigenvalue weighted by Gasteiger charge is 2.16. The van der Waals surface area contributed by atoms with Crippen LogP contribution in [0.1, 0.15) is 38.5 Å². The molecular weight excluding hydrogens is 270 g/mol. The molecule has 0 aliphatic carbocycles. The first-order valence-electron chi connectivity index (χ1n) is 6.67. The van der Waals surface area contributed by atoms with Crippen molar-refractivity contribution < 1.29 is 9.59 Å². The number of benzene rings is 1. The van der Waals surface area contributed by atoms with Gasteiger partial charge < -0.3 is 5.32 Å². The topological polar surface area (TPSA) is 46.2 Å². The Morgan fingerprint density at radius 1 is 1.20 bits per heavy atom. The molecule has 20 heavy (non-hydrogen) atoms. The molecule has 0 unspecified atom stereocenters. The number of rotatable bonds is 2. The predicted molar refractivity (Wildman–Crippen MR) is 80.5 cm³/mol. The van der Waals surface area contributed by atoms with Crippen molar-refractivity contribution in [2.75, 3.05) is 5.32 Å². The summed E-state index contributed by atoms with van der Waals surface area (Å²) >= 11 is 1.51. The largest absolute Gasteiger partial charge is 0.326 e. The highest BCUT2D eigenvalue weighted by atomic mass is 32.1. The highest BCUT2D eigenvalue weighted by Crippen LogP contribution is 2.26. The van der Waals surface area contributed by atoms with Crippen molar-refractivity contribution in [1.82, 2.24) is 0 Å². The molecule has 2 heterocycles. The van der Waals surface area contributed by atoms with Crippen LogP contribution in [-0.4, -0.2) is 11.7 Å². The van der Waals surface area contributed by atoms with Crippen molar-refractivity contribution in [3.63, 3.8) is 0 Å². The van der Waals surface area contributed by atoms with Gasteiger partial charge in [0.25, 0.3) is 0 Å². The molecule has 1 aliphatic rings. The maximum atomic E-state index is 12.4. The van der Waals surface area contributed by atoms with E-state index in [2.05, 4.69) is 5.32 Å². The minimum absolute atomic E-state index is 0.0525. The van der Waals surface area contributed by atoms with Crippen molar-refractivity contribution in [3.05, 3.63) is 51.2 Å². The molecule has 102 valence electrons. The fourth-order valence-corrected chi connectivity index (χ4v) is 3.24. The molecule has 1 aromatic carbocycles. The molecule has 0 saturated carbocycles. The summed E-state index contributed by atoms with van der Waals surface area (Å²) in [4.78, 5) is 25.8. The number of hydrogen-bond acceptors (Lipinski definition) is 3.